The average Bonchev–Trinajstić information content (AvgIpc) is 2.92. The number of benzene rings is 1. The Morgan fingerprint density at radius 1 is 1.56 bits per heavy atom. The Morgan fingerprint density at radius 2 is 2.39 bits per heavy atom. The maximum absolute atomic E-state index is 11.7. The molecule has 0 bridgehead atoms. The largest absolute Gasteiger partial charge is 0.325 e. The van der Waals surface area contributed by atoms with Crippen LogP contribution in [0.2, 0.25) is 0 Å². The molecule has 1 heterocycles. The summed E-state index contributed by atoms with van der Waals surface area (Å²) in [5.74, 6) is -0.159. The summed E-state index contributed by atoms with van der Waals surface area (Å²) in [6.07, 6.45) is 2.39. The zero-order valence-electron chi connectivity index (χ0n) is 10.1. The Labute approximate surface area is 110 Å². The van der Waals surface area contributed by atoms with Crippen LogP contribution in [0.1, 0.15) is 13.3 Å². The molecule has 1 amide bonds. The van der Waals surface area contributed by atoms with Crippen LogP contribution in [0.5, 0.6) is 0 Å². The van der Waals surface area contributed by atoms with E-state index in [1.807, 2.05) is 36.6 Å². The van der Waals surface area contributed by atoms with E-state index in [-0.39, 0.29) is 5.91 Å². The van der Waals surface area contributed by atoms with Gasteiger partial charge in [-0.1, -0.05) is 19.1 Å². The molecule has 1 aromatic carbocycles. The molecule has 0 spiro atoms. The third kappa shape index (κ3) is 2.94. The summed E-state index contributed by atoms with van der Waals surface area (Å²) >= 11 is 1.57. The number of carbonyl (C=O) groups is 1. The molecule has 0 aliphatic rings. The van der Waals surface area contributed by atoms with Crippen LogP contribution >= 0.6 is 11.3 Å². The van der Waals surface area contributed by atoms with Crippen molar-refractivity contribution in [2.75, 3.05) is 5.32 Å². The quantitative estimate of drug-likeness (QED) is 0.888. The molecule has 94 valence electrons. The highest BCUT2D eigenvalue weighted by molar-refractivity contribution is 7.13. The number of amides is 1. The zero-order valence-corrected chi connectivity index (χ0v) is 10.9. The lowest BCUT2D eigenvalue weighted by atomic mass is 10.2. The third-order valence-corrected chi connectivity index (χ3v) is 3.41. The zero-order chi connectivity index (χ0) is 13.0. The molecule has 0 saturated heterocycles. The highest BCUT2D eigenvalue weighted by atomic mass is 32.1. The van der Waals surface area contributed by atoms with E-state index in [1.165, 1.54) is 0 Å². The lowest BCUT2D eigenvalue weighted by molar-refractivity contribution is -0.117. The van der Waals surface area contributed by atoms with Gasteiger partial charge in [0.15, 0.2) is 0 Å². The smallest absolute Gasteiger partial charge is 0.241 e. The van der Waals surface area contributed by atoms with E-state index in [9.17, 15) is 4.79 Å². The fourth-order valence-electron chi connectivity index (χ4n) is 1.52. The standard InChI is InChI=1S/C13H15N3OS/c1-2-11(14)12(17)16-10-5-3-4-9(8-10)13-15-6-7-18-13/h3-8,11H,2,14H2,1H3,(H,16,17)/t11-/m1/s1. The number of nitrogens with zero attached hydrogens (tertiary/aromatic N) is 1. The van der Waals surface area contributed by atoms with E-state index in [0.29, 0.717) is 6.42 Å². The minimum atomic E-state index is -0.464. The van der Waals surface area contributed by atoms with Gasteiger partial charge in [-0.15, -0.1) is 11.3 Å². The maximum atomic E-state index is 11.7. The molecule has 4 nitrogen and oxygen atoms in total. The van der Waals surface area contributed by atoms with Crippen LogP contribution in [0.15, 0.2) is 35.8 Å². The van der Waals surface area contributed by atoms with Gasteiger partial charge in [0.2, 0.25) is 5.91 Å². The summed E-state index contributed by atoms with van der Waals surface area (Å²) in [5, 5.41) is 5.67. The fourth-order valence-corrected chi connectivity index (χ4v) is 2.15. The summed E-state index contributed by atoms with van der Waals surface area (Å²) in [6.45, 7) is 1.89. The molecule has 0 unspecified atom stereocenters. The average molecular weight is 261 g/mol. The first-order chi connectivity index (χ1) is 8.70. The number of nitrogens with two attached hydrogens (primary N) is 1. The Kier molecular flexibility index (Phi) is 4.07. The highest BCUT2D eigenvalue weighted by Gasteiger charge is 2.11. The molecule has 18 heavy (non-hydrogen) atoms. The van der Waals surface area contributed by atoms with Gasteiger partial charge in [0.1, 0.15) is 5.01 Å². The molecule has 0 aliphatic carbocycles. The minimum absolute atomic E-state index is 0.159. The van der Waals surface area contributed by atoms with Gasteiger partial charge in [0.25, 0.3) is 0 Å². The molecule has 1 atom stereocenters. The summed E-state index contributed by atoms with van der Waals surface area (Å²) in [5.41, 5.74) is 7.41. The predicted molar refractivity (Wildman–Crippen MR) is 74.4 cm³/mol. The van der Waals surface area contributed by atoms with E-state index in [4.69, 9.17) is 5.73 Å². The minimum Gasteiger partial charge on any atom is -0.325 e. The molecule has 2 rings (SSSR count). The fraction of sp³-hybridized carbons (Fsp3) is 0.231. The van der Waals surface area contributed by atoms with Crippen molar-refractivity contribution in [3.63, 3.8) is 0 Å². The van der Waals surface area contributed by atoms with Crippen molar-refractivity contribution < 1.29 is 4.79 Å². The van der Waals surface area contributed by atoms with Crippen LogP contribution in [0.4, 0.5) is 5.69 Å². The molecule has 3 N–H and O–H groups in total. The molecular formula is C13H15N3OS. The summed E-state index contributed by atoms with van der Waals surface area (Å²) in [4.78, 5) is 15.9. The molecule has 1 aromatic heterocycles. The van der Waals surface area contributed by atoms with Crippen molar-refractivity contribution in [2.45, 2.75) is 19.4 Å². The van der Waals surface area contributed by atoms with Crippen LogP contribution in [-0.4, -0.2) is 16.9 Å². The normalized spacial score (nSPS) is 12.1. The second-order valence-electron chi connectivity index (χ2n) is 3.92. The van der Waals surface area contributed by atoms with E-state index < -0.39 is 6.04 Å². The molecular weight excluding hydrogens is 246 g/mol. The number of rotatable bonds is 4. The Hall–Kier alpha value is -1.72. The van der Waals surface area contributed by atoms with E-state index in [2.05, 4.69) is 10.3 Å². The molecule has 0 radical (unpaired) electrons. The molecule has 0 saturated carbocycles. The van der Waals surface area contributed by atoms with Crippen molar-refractivity contribution in [3.05, 3.63) is 35.8 Å². The van der Waals surface area contributed by atoms with Crippen molar-refractivity contribution in [3.8, 4) is 10.6 Å². The van der Waals surface area contributed by atoms with Gasteiger partial charge in [-0.3, -0.25) is 4.79 Å². The number of anilines is 1. The van der Waals surface area contributed by atoms with Crippen molar-refractivity contribution in [1.29, 1.82) is 0 Å². The van der Waals surface area contributed by atoms with Gasteiger partial charge in [0.05, 0.1) is 6.04 Å². The maximum Gasteiger partial charge on any atom is 0.241 e. The first kappa shape index (κ1) is 12.7. The molecule has 2 aromatic rings. The van der Waals surface area contributed by atoms with Crippen LogP contribution in [0.25, 0.3) is 10.6 Å². The second kappa shape index (κ2) is 5.75. The summed E-state index contributed by atoms with van der Waals surface area (Å²) in [7, 11) is 0. The van der Waals surface area contributed by atoms with Crippen LogP contribution < -0.4 is 11.1 Å². The molecule has 0 aliphatic heterocycles. The second-order valence-corrected chi connectivity index (χ2v) is 4.82. The van der Waals surface area contributed by atoms with E-state index >= 15 is 0 Å². The van der Waals surface area contributed by atoms with Gasteiger partial charge in [-0.2, -0.15) is 0 Å². The summed E-state index contributed by atoms with van der Waals surface area (Å²) < 4.78 is 0. The van der Waals surface area contributed by atoms with E-state index in [0.717, 1.165) is 16.3 Å². The summed E-state index contributed by atoms with van der Waals surface area (Å²) in [6, 6.07) is 7.14. The van der Waals surface area contributed by atoms with Gasteiger partial charge in [0, 0.05) is 22.8 Å². The molecule has 0 fully saturated rings. The Balaban J connectivity index is 2.16. The topological polar surface area (TPSA) is 68.0 Å². The Morgan fingerprint density at radius 3 is 3.06 bits per heavy atom. The van der Waals surface area contributed by atoms with Crippen LogP contribution in [-0.2, 0) is 4.79 Å². The van der Waals surface area contributed by atoms with Gasteiger partial charge >= 0.3 is 0 Å². The highest BCUT2D eigenvalue weighted by Crippen LogP contribution is 2.24. The van der Waals surface area contributed by atoms with Crippen molar-refractivity contribution in [1.82, 2.24) is 4.98 Å². The number of thiazole rings is 1. The lowest BCUT2D eigenvalue weighted by Crippen LogP contribution is -2.34. The predicted octanol–water partition coefficient (Wildman–Crippen LogP) is 2.49. The number of aromatic nitrogens is 1. The van der Waals surface area contributed by atoms with E-state index in [1.54, 1.807) is 17.5 Å². The third-order valence-electron chi connectivity index (χ3n) is 2.59. The van der Waals surface area contributed by atoms with Crippen molar-refractivity contribution in [2.24, 2.45) is 5.73 Å². The van der Waals surface area contributed by atoms with Gasteiger partial charge < -0.3 is 11.1 Å². The van der Waals surface area contributed by atoms with Gasteiger partial charge in [-0.05, 0) is 18.6 Å². The van der Waals surface area contributed by atoms with Crippen LogP contribution in [0.3, 0.4) is 0 Å². The van der Waals surface area contributed by atoms with Crippen LogP contribution in [0, 0.1) is 0 Å². The SMILES string of the molecule is CC[C@@H](N)C(=O)Nc1cccc(-c2nccs2)c1. The monoisotopic (exact) mass is 261 g/mol. The number of nitrogens with one attached hydrogen (secondary N) is 1. The first-order valence-electron chi connectivity index (χ1n) is 5.77. The Bertz CT molecular complexity index is 525. The number of hydrogen-bond donors (Lipinski definition) is 2. The number of hydrogen-bond acceptors (Lipinski definition) is 4. The molecule has 5 heteroatoms. The lowest BCUT2D eigenvalue weighted by Gasteiger charge is -2.10. The number of carbonyl (C=O) groups excluding carboxylic acids is 1. The first-order valence-corrected chi connectivity index (χ1v) is 6.65. The van der Waals surface area contributed by atoms with Crippen molar-refractivity contribution >= 4 is 22.9 Å². The van der Waals surface area contributed by atoms with Gasteiger partial charge in [-0.25, -0.2) is 4.98 Å².